The van der Waals surface area contributed by atoms with Gasteiger partial charge in [-0.1, -0.05) is 42.5 Å². The van der Waals surface area contributed by atoms with E-state index >= 15 is 0 Å². The number of sulfonamides is 1. The fourth-order valence-electron chi connectivity index (χ4n) is 2.83. The number of ether oxygens (including phenoxy) is 1. The average molecular weight is 489 g/mol. The molecule has 3 rings (SSSR count). The predicted octanol–water partition coefficient (Wildman–Crippen LogP) is 2.94. The topological polar surface area (TPSA) is 127 Å². The first kappa shape index (κ1) is 24.5. The Hall–Kier alpha value is -3.15. The Labute approximate surface area is 196 Å². The average Bonchev–Trinajstić information content (AvgIpc) is 3.31. The molecular formula is C22H24N4O5S2. The summed E-state index contributed by atoms with van der Waals surface area (Å²) >= 11 is 1.06. The van der Waals surface area contributed by atoms with Crippen molar-refractivity contribution in [2.45, 2.75) is 37.7 Å². The van der Waals surface area contributed by atoms with E-state index in [1.807, 2.05) is 24.3 Å². The van der Waals surface area contributed by atoms with E-state index in [1.54, 1.807) is 12.1 Å². The van der Waals surface area contributed by atoms with Gasteiger partial charge in [-0.15, -0.1) is 10.2 Å². The maximum Gasteiger partial charge on any atom is 0.306 e. The van der Waals surface area contributed by atoms with Crippen LogP contribution in [0.5, 0.6) is 0 Å². The van der Waals surface area contributed by atoms with Crippen LogP contribution in [0.4, 0.5) is 5.69 Å². The van der Waals surface area contributed by atoms with Gasteiger partial charge in [0, 0.05) is 12.1 Å². The van der Waals surface area contributed by atoms with E-state index in [4.69, 9.17) is 4.74 Å². The minimum Gasteiger partial charge on any atom is -0.458 e. The second-order valence-corrected chi connectivity index (χ2v) is 9.97. The molecule has 0 saturated heterocycles. The minimum atomic E-state index is -3.49. The number of benzene rings is 2. The van der Waals surface area contributed by atoms with Gasteiger partial charge in [-0.3, -0.25) is 9.59 Å². The zero-order valence-corrected chi connectivity index (χ0v) is 19.8. The summed E-state index contributed by atoms with van der Waals surface area (Å²) in [6, 6.07) is 13.8. The van der Waals surface area contributed by atoms with Gasteiger partial charge in [0.25, 0.3) is 5.91 Å². The summed E-state index contributed by atoms with van der Waals surface area (Å²) in [5.74, 6) is -0.808. The van der Waals surface area contributed by atoms with Crippen LogP contribution in [-0.2, 0) is 39.0 Å². The van der Waals surface area contributed by atoms with Gasteiger partial charge < -0.3 is 10.1 Å². The molecule has 0 spiro atoms. The van der Waals surface area contributed by atoms with Gasteiger partial charge in [0.2, 0.25) is 15.0 Å². The Bertz CT molecular complexity index is 1210. The second-order valence-electron chi connectivity index (χ2n) is 7.02. The molecule has 2 N–H and O–H groups in total. The molecule has 0 atom stereocenters. The fraction of sp³-hybridized carbons (Fsp3) is 0.273. The number of nitrogens with zero attached hydrogens (tertiary/aromatic N) is 2. The molecule has 33 heavy (non-hydrogen) atoms. The molecule has 0 saturated carbocycles. The van der Waals surface area contributed by atoms with E-state index in [2.05, 4.69) is 27.2 Å². The number of aryl methyl sites for hydroxylation is 2. The van der Waals surface area contributed by atoms with E-state index in [9.17, 15) is 18.0 Å². The molecule has 0 radical (unpaired) electrons. The second kappa shape index (κ2) is 11.1. The van der Waals surface area contributed by atoms with Crippen LogP contribution in [0.25, 0.3) is 0 Å². The van der Waals surface area contributed by atoms with Crippen molar-refractivity contribution in [2.24, 2.45) is 0 Å². The van der Waals surface area contributed by atoms with Crippen LogP contribution >= 0.6 is 11.3 Å². The molecule has 0 aliphatic heterocycles. The van der Waals surface area contributed by atoms with E-state index in [0.717, 1.165) is 23.3 Å². The Morgan fingerprint density at radius 3 is 2.30 bits per heavy atom. The van der Waals surface area contributed by atoms with Gasteiger partial charge in [-0.05, 0) is 55.3 Å². The highest BCUT2D eigenvalue weighted by atomic mass is 32.2. The smallest absolute Gasteiger partial charge is 0.306 e. The van der Waals surface area contributed by atoms with E-state index < -0.39 is 16.0 Å². The van der Waals surface area contributed by atoms with Gasteiger partial charge in [0.15, 0.2) is 5.01 Å². The van der Waals surface area contributed by atoms with Gasteiger partial charge in [0.05, 0.1) is 4.90 Å². The lowest BCUT2D eigenvalue weighted by Gasteiger charge is -2.05. The summed E-state index contributed by atoms with van der Waals surface area (Å²) in [5.41, 5.74) is 2.65. The Balaban J connectivity index is 1.45. The molecule has 2 aromatic carbocycles. The summed E-state index contributed by atoms with van der Waals surface area (Å²) < 4.78 is 30.9. The molecule has 0 aliphatic carbocycles. The van der Waals surface area contributed by atoms with Gasteiger partial charge in [0.1, 0.15) is 6.61 Å². The van der Waals surface area contributed by atoms with Crippen LogP contribution in [0.3, 0.4) is 0 Å². The summed E-state index contributed by atoms with van der Waals surface area (Å²) in [6.45, 7) is 1.98. The van der Waals surface area contributed by atoms with Gasteiger partial charge in [-0.25, -0.2) is 13.1 Å². The number of esters is 1. The van der Waals surface area contributed by atoms with Crippen molar-refractivity contribution in [1.29, 1.82) is 0 Å². The third-order valence-corrected chi connectivity index (χ3v) is 7.08. The molecule has 1 aromatic heterocycles. The number of hydrogen-bond acceptors (Lipinski definition) is 8. The first-order valence-electron chi connectivity index (χ1n) is 10.2. The summed E-state index contributed by atoms with van der Waals surface area (Å²) in [5, 5.41) is 11.1. The molecule has 11 heteroatoms. The third kappa shape index (κ3) is 6.91. The highest BCUT2D eigenvalue weighted by Crippen LogP contribution is 2.16. The maximum atomic E-state index is 12.3. The minimum absolute atomic E-state index is 0.0751. The van der Waals surface area contributed by atoms with Crippen LogP contribution < -0.4 is 10.0 Å². The Morgan fingerprint density at radius 2 is 1.67 bits per heavy atom. The standard InChI is InChI=1S/C22H24N4O5S2/c1-3-15-4-9-17(10-5-15)24-21(28)22-26-25-19(32-22)14-31-20(27)13-8-16-6-11-18(12-7-16)33(29,30)23-2/h4-7,9-12,23H,3,8,13-14H2,1-2H3,(H,24,28). The normalized spacial score (nSPS) is 11.2. The van der Waals surface area contributed by atoms with Gasteiger partial charge >= 0.3 is 5.97 Å². The lowest BCUT2D eigenvalue weighted by molar-refractivity contribution is -0.144. The van der Waals surface area contributed by atoms with Crippen molar-refractivity contribution < 1.29 is 22.7 Å². The van der Waals surface area contributed by atoms with Crippen LogP contribution in [0, 0.1) is 0 Å². The van der Waals surface area contributed by atoms with Crippen molar-refractivity contribution in [3.8, 4) is 0 Å². The number of hydrogen-bond donors (Lipinski definition) is 2. The highest BCUT2D eigenvalue weighted by molar-refractivity contribution is 7.89. The van der Waals surface area contributed by atoms with E-state index in [0.29, 0.717) is 17.1 Å². The summed E-state index contributed by atoms with van der Waals surface area (Å²) in [6.07, 6.45) is 1.44. The molecule has 3 aromatic rings. The number of nitrogens with one attached hydrogen (secondary N) is 2. The van der Waals surface area contributed by atoms with Crippen molar-refractivity contribution in [3.05, 3.63) is 69.7 Å². The number of anilines is 1. The monoisotopic (exact) mass is 488 g/mol. The van der Waals surface area contributed by atoms with E-state index in [-0.39, 0.29) is 28.8 Å². The lowest BCUT2D eigenvalue weighted by atomic mass is 10.1. The lowest BCUT2D eigenvalue weighted by Crippen LogP contribution is -2.18. The predicted molar refractivity (Wildman–Crippen MR) is 124 cm³/mol. The highest BCUT2D eigenvalue weighted by Gasteiger charge is 2.15. The molecule has 1 amide bonds. The first-order valence-corrected chi connectivity index (χ1v) is 12.5. The Kier molecular flexibility index (Phi) is 8.26. The van der Waals surface area contributed by atoms with Crippen LogP contribution in [0.15, 0.2) is 53.4 Å². The van der Waals surface area contributed by atoms with E-state index in [1.165, 1.54) is 24.7 Å². The summed E-state index contributed by atoms with van der Waals surface area (Å²) in [4.78, 5) is 24.5. The van der Waals surface area contributed by atoms with Crippen LogP contribution in [-0.4, -0.2) is 37.5 Å². The first-order chi connectivity index (χ1) is 15.8. The third-order valence-electron chi connectivity index (χ3n) is 4.76. The van der Waals surface area contributed by atoms with Crippen LogP contribution in [0.2, 0.25) is 0 Å². The molecule has 0 fully saturated rings. The molecule has 0 bridgehead atoms. The maximum absolute atomic E-state index is 12.3. The number of amides is 1. The van der Waals surface area contributed by atoms with Crippen molar-refractivity contribution in [3.63, 3.8) is 0 Å². The number of aromatic nitrogens is 2. The number of carbonyl (C=O) groups excluding carboxylic acids is 2. The Morgan fingerprint density at radius 1 is 1.00 bits per heavy atom. The zero-order chi connectivity index (χ0) is 23.8. The number of carbonyl (C=O) groups is 2. The molecule has 9 nitrogen and oxygen atoms in total. The summed E-state index contributed by atoms with van der Waals surface area (Å²) in [7, 11) is -2.15. The van der Waals surface area contributed by atoms with Crippen LogP contribution in [0.1, 0.15) is 39.3 Å². The van der Waals surface area contributed by atoms with Gasteiger partial charge in [-0.2, -0.15) is 0 Å². The molecule has 0 aliphatic rings. The SMILES string of the molecule is CCc1ccc(NC(=O)c2nnc(COC(=O)CCc3ccc(S(=O)(=O)NC)cc3)s2)cc1. The molecule has 1 heterocycles. The van der Waals surface area contributed by atoms with Crippen molar-refractivity contribution >= 4 is 38.9 Å². The van der Waals surface area contributed by atoms with Crippen molar-refractivity contribution in [1.82, 2.24) is 14.9 Å². The quantitative estimate of drug-likeness (QED) is 0.420. The molecule has 174 valence electrons. The molecular weight excluding hydrogens is 464 g/mol. The fourth-order valence-corrected chi connectivity index (χ4v) is 4.20. The van der Waals surface area contributed by atoms with Crippen molar-refractivity contribution in [2.75, 3.05) is 12.4 Å². The molecule has 0 unspecified atom stereocenters. The number of rotatable bonds is 10. The zero-order valence-electron chi connectivity index (χ0n) is 18.2. The largest absolute Gasteiger partial charge is 0.458 e.